The van der Waals surface area contributed by atoms with Gasteiger partial charge in [0.25, 0.3) is 0 Å². The molecule has 0 saturated carbocycles. The van der Waals surface area contributed by atoms with Crippen LogP contribution >= 0.6 is 0 Å². The monoisotopic (exact) mass is 165 g/mol. The second kappa shape index (κ2) is 9.60. The maximum absolute atomic E-state index is 5.47. The summed E-state index contributed by atoms with van der Waals surface area (Å²) in [6.07, 6.45) is 1.19. The number of ether oxygens (including phenoxy) is 1. The van der Waals surface area contributed by atoms with Crippen LogP contribution in [0.1, 0.15) is 20.3 Å². The third-order valence-electron chi connectivity index (χ3n) is 2.09. The van der Waals surface area contributed by atoms with E-state index < -0.39 is 0 Å². The van der Waals surface area contributed by atoms with Gasteiger partial charge in [-0.3, -0.25) is 0 Å². The zero-order chi connectivity index (χ0) is 9.23. The quantitative estimate of drug-likeness (QED) is 0.397. The third-order valence-corrected chi connectivity index (χ3v) is 2.09. The van der Waals surface area contributed by atoms with E-state index in [2.05, 4.69) is 36.5 Å². The van der Waals surface area contributed by atoms with E-state index in [0.29, 0.717) is 0 Å². The molecule has 0 aliphatic rings. The molecule has 0 amide bonds. The fourth-order valence-corrected chi connectivity index (χ4v) is 1.08. The Hall–Kier alpha value is 0.517. The number of likely N-dealkylation sites (N-methyl/N-ethyl adjacent to an activating group) is 1. The van der Waals surface area contributed by atoms with Crippen LogP contribution in [-0.4, -0.2) is 55.5 Å². The molecule has 68 valence electrons. The molecule has 0 atom stereocenters. The van der Waals surface area contributed by atoms with E-state index in [4.69, 9.17) is 4.74 Å². The van der Waals surface area contributed by atoms with Crippen LogP contribution in [0, 0.1) is 0 Å². The van der Waals surface area contributed by atoms with Gasteiger partial charge in [-0.1, -0.05) is 0 Å². The van der Waals surface area contributed by atoms with Crippen LogP contribution in [0.3, 0.4) is 0 Å². The molecule has 0 unspecified atom stereocenters. The number of hydrogen-bond acceptors (Lipinski definition) is 2. The first kappa shape index (κ1) is 12.5. The maximum atomic E-state index is 5.47. The molecule has 0 aromatic heterocycles. The molecule has 0 fully saturated rings. The molecular weight excluding hydrogens is 145 g/mol. The van der Waals surface area contributed by atoms with Crippen LogP contribution in [0.25, 0.3) is 0 Å². The summed E-state index contributed by atoms with van der Waals surface area (Å²) in [7, 11) is 0. The van der Waals surface area contributed by atoms with Gasteiger partial charge in [0, 0.05) is 0 Å². The third kappa shape index (κ3) is 7.18. The molecule has 0 bridgehead atoms. The molecule has 0 radical (unpaired) electrons. The van der Waals surface area contributed by atoms with E-state index in [1.807, 2.05) is 0 Å². The van der Waals surface area contributed by atoms with Crippen LogP contribution in [0.2, 0.25) is 5.09 Å². The van der Waals surface area contributed by atoms with Crippen molar-refractivity contribution in [2.75, 3.05) is 32.8 Å². The Bertz CT molecular complexity index is 86.6. The Morgan fingerprint density at radius 3 is 2.33 bits per heavy atom. The molecule has 3 heteroatoms. The van der Waals surface area contributed by atoms with Gasteiger partial charge in [-0.15, -0.1) is 0 Å². The van der Waals surface area contributed by atoms with Crippen molar-refractivity contribution in [3.63, 3.8) is 0 Å². The van der Waals surface area contributed by atoms with Gasteiger partial charge in [0.1, 0.15) is 0 Å². The van der Waals surface area contributed by atoms with Crippen LogP contribution in [0.15, 0.2) is 0 Å². The molecule has 0 aromatic carbocycles. The summed E-state index contributed by atoms with van der Waals surface area (Å²) in [5.41, 5.74) is 0. The standard InChI is InChI=1S/C9H20NO.Li/c1-4-8-11-9-7-10(5-2)6-3;/h1,4-9H2,2-3H3;. The average molecular weight is 165 g/mol. The van der Waals surface area contributed by atoms with Crippen molar-refractivity contribution >= 4 is 17.7 Å². The molecule has 0 rings (SSSR count). The summed E-state index contributed by atoms with van der Waals surface area (Å²) in [6, 6.07) is 0. The fourth-order valence-electron chi connectivity index (χ4n) is 1.08. The first-order valence-electron chi connectivity index (χ1n) is 5.15. The van der Waals surface area contributed by atoms with Crippen molar-refractivity contribution in [3.8, 4) is 0 Å². The van der Waals surface area contributed by atoms with Gasteiger partial charge in [-0.05, 0) is 0 Å². The van der Waals surface area contributed by atoms with Gasteiger partial charge < -0.3 is 0 Å². The first-order valence-corrected chi connectivity index (χ1v) is 5.15. The molecule has 0 spiro atoms. The van der Waals surface area contributed by atoms with Crippen molar-refractivity contribution < 1.29 is 4.74 Å². The van der Waals surface area contributed by atoms with Gasteiger partial charge in [0.05, 0.1) is 0 Å². The molecule has 0 aliphatic carbocycles. The van der Waals surface area contributed by atoms with Gasteiger partial charge in [-0.2, -0.15) is 0 Å². The first-order chi connectivity index (χ1) is 5.85. The fraction of sp³-hybridized carbons (Fsp3) is 1.00. The van der Waals surface area contributed by atoms with E-state index in [1.54, 1.807) is 0 Å². The number of nitrogens with zero attached hydrogens (tertiary/aromatic N) is 1. The van der Waals surface area contributed by atoms with E-state index >= 15 is 0 Å². The second-order valence-corrected chi connectivity index (χ2v) is 2.99. The minimum absolute atomic E-state index is 0.891. The molecule has 0 N–H and O–H groups in total. The zero-order valence-electron chi connectivity index (χ0n) is 8.81. The summed E-state index contributed by atoms with van der Waals surface area (Å²) < 4.78 is 5.47. The van der Waals surface area contributed by atoms with Gasteiger partial charge in [0.15, 0.2) is 0 Å². The van der Waals surface area contributed by atoms with Crippen LogP contribution < -0.4 is 0 Å². The van der Waals surface area contributed by atoms with Gasteiger partial charge in [0.2, 0.25) is 0 Å². The Kier molecular flexibility index (Phi) is 10.0. The van der Waals surface area contributed by atoms with Crippen molar-refractivity contribution in [1.82, 2.24) is 4.90 Å². The molecule has 0 aliphatic heterocycles. The Morgan fingerprint density at radius 1 is 1.17 bits per heavy atom. The van der Waals surface area contributed by atoms with Gasteiger partial charge in [-0.25, -0.2) is 0 Å². The molecule has 0 heterocycles. The van der Waals surface area contributed by atoms with Crippen LogP contribution in [0.5, 0.6) is 0 Å². The topological polar surface area (TPSA) is 12.5 Å². The normalized spacial score (nSPS) is 11.1. The predicted molar refractivity (Wildman–Crippen MR) is 53.8 cm³/mol. The molecule has 0 saturated heterocycles. The van der Waals surface area contributed by atoms with Gasteiger partial charge >= 0.3 is 85.6 Å². The van der Waals surface area contributed by atoms with E-state index in [0.717, 1.165) is 32.8 Å². The van der Waals surface area contributed by atoms with Crippen molar-refractivity contribution in [3.05, 3.63) is 0 Å². The second-order valence-electron chi connectivity index (χ2n) is 2.99. The Morgan fingerprint density at radius 2 is 1.83 bits per heavy atom. The van der Waals surface area contributed by atoms with Crippen molar-refractivity contribution in [1.29, 1.82) is 0 Å². The summed E-state index contributed by atoms with van der Waals surface area (Å²) in [5, 5.41) is 1.23. The van der Waals surface area contributed by atoms with E-state index in [9.17, 15) is 0 Å². The van der Waals surface area contributed by atoms with Crippen LogP contribution in [0.4, 0.5) is 0 Å². The minimum atomic E-state index is 0.891. The molecule has 12 heavy (non-hydrogen) atoms. The van der Waals surface area contributed by atoms with Crippen molar-refractivity contribution in [2.45, 2.75) is 25.4 Å². The summed E-state index contributed by atoms with van der Waals surface area (Å²) in [4.78, 5) is 2.38. The predicted octanol–water partition coefficient (Wildman–Crippen LogP) is 1.32. The average Bonchev–Trinajstić information content (AvgIpc) is 2.11. The van der Waals surface area contributed by atoms with Crippen molar-refractivity contribution in [2.24, 2.45) is 0 Å². The summed E-state index contributed by atoms with van der Waals surface area (Å²) >= 11 is 2.19. The number of hydrogen-bond donors (Lipinski definition) is 0. The summed E-state index contributed by atoms with van der Waals surface area (Å²) in [5.74, 6) is 0. The van der Waals surface area contributed by atoms with E-state index in [-0.39, 0.29) is 0 Å². The molecule has 2 nitrogen and oxygen atoms in total. The Labute approximate surface area is 85.9 Å². The SMILES string of the molecule is [Li][CH2]CCOCCN(CC)CC. The van der Waals surface area contributed by atoms with E-state index in [1.165, 1.54) is 11.5 Å². The zero-order valence-corrected chi connectivity index (χ0v) is 8.81. The number of rotatable bonds is 8. The molecule has 0 aromatic rings. The van der Waals surface area contributed by atoms with Crippen LogP contribution in [-0.2, 0) is 4.74 Å². The summed E-state index contributed by atoms with van der Waals surface area (Å²) in [6.45, 7) is 9.54. The molecular formula is C9H20LiNO. The Balaban J connectivity index is 3.06.